The van der Waals surface area contributed by atoms with Gasteiger partial charge in [0.25, 0.3) is 0 Å². The lowest BCUT2D eigenvalue weighted by Crippen LogP contribution is -2.29. The molecular weight excluding hydrogens is 1670 g/mol. The molecule has 0 radical (unpaired) electrons. The first-order valence-electron chi connectivity index (χ1n) is 46.7. The predicted octanol–water partition coefficient (Wildman–Crippen LogP) is 25.3. The lowest BCUT2D eigenvalue weighted by molar-refractivity contribution is -0.386. The van der Waals surface area contributed by atoms with Crippen LogP contribution in [0.15, 0.2) is 36.4 Å². The molecule has 0 fully saturated rings. The molecule has 0 spiro atoms. The standard InChI is InChI=1S/C13H26O2.C11H22O2.C10H20O2.C8H7NO5.C8H16O2.C7H6O3.C7H14O2.3C6H12O2.C5H11NO2.2C5H10O2/c1-2-3-4-5-6-7-8-9-10-11-12-13(14)15;1-2-3-4-5-6-7-8-9-10-11(12)13;1-2-3-4-5-6-7-8-9-10(11)12;1-4-2-5(8(11)12)7(10)6(3-4)9(13)14;1-2-3-4-5-6-7-8(9)10;8-6-4-2-1-3-5(6)7(9)10;1-2-3-4-5-6-7(8)9;1-6(2,3)4-5(7)8;1-4-6(2,3)5(7)8;1-2-3-4-5-6(7)8;1-2-3-4(6)5(7)8;1-4(2)3-5(6)7;1-2-3-4-5(6)7/h2-12H2,1H3,(H,14,15);2-10H2,1H3,(H,12,13);2-9H2,1H3,(H,11,12);2-3,10H,1H3,(H,11,12);2-7H2,1H3,(H,9,10);1-4,8H,(H,9,10);2-6H2,1H3,(H,8,9);2*4H2,1-3H3,(H,7,8);2-5H2,1H3,(H,7,8);4H,2-3,6H2,1H3,(H,7,8);4H,3H2,1-2H3,(H,6,7);2-4H2,1H3,(H,6,7). The van der Waals surface area contributed by atoms with E-state index < -0.39 is 111 Å². The molecule has 1 unspecified atom stereocenters. The van der Waals surface area contributed by atoms with Gasteiger partial charge in [0.15, 0.2) is 0 Å². The summed E-state index contributed by atoms with van der Waals surface area (Å²) in [5, 5.41) is 136. The molecule has 0 aliphatic carbocycles. The van der Waals surface area contributed by atoms with Gasteiger partial charge in [0.1, 0.15) is 22.9 Å². The van der Waals surface area contributed by atoms with Crippen LogP contribution in [0.25, 0.3) is 0 Å². The van der Waals surface area contributed by atoms with E-state index in [0.29, 0.717) is 63.4 Å². The second-order valence-electron chi connectivity index (χ2n) is 33.3. The number of aromatic hydroxyl groups is 2. The molecule has 0 aliphatic rings. The Bertz CT molecular complexity index is 3080. The number of aryl methyl sites for hydroxylation is 1. The number of phenols is 2. The van der Waals surface area contributed by atoms with Crippen LogP contribution in [0, 0.1) is 33.8 Å². The molecule has 17 N–H and O–H groups in total. The molecule has 2 aromatic rings. The zero-order chi connectivity index (χ0) is 102. The van der Waals surface area contributed by atoms with Crippen molar-refractivity contribution in [1.29, 1.82) is 0 Å². The summed E-state index contributed by atoms with van der Waals surface area (Å²) < 4.78 is 0. The van der Waals surface area contributed by atoms with E-state index in [9.17, 15) is 77.5 Å². The molecule has 0 aromatic heterocycles. The first kappa shape index (κ1) is 143. The molecule has 0 saturated carbocycles. The number of benzene rings is 2. The summed E-state index contributed by atoms with van der Waals surface area (Å²) in [5.41, 5.74) is 3.79. The van der Waals surface area contributed by atoms with Crippen LogP contribution >= 0.6 is 0 Å². The number of carboxylic acid groups (broad SMARTS) is 13. The van der Waals surface area contributed by atoms with E-state index in [1.165, 1.54) is 173 Å². The van der Waals surface area contributed by atoms with E-state index in [-0.39, 0.29) is 35.5 Å². The third-order valence-corrected chi connectivity index (χ3v) is 17.9. The molecule has 129 heavy (non-hydrogen) atoms. The highest BCUT2D eigenvalue weighted by Gasteiger charge is 2.24. The van der Waals surface area contributed by atoms with Crippen LogP contribution in [0.2, 0.25) is 0 Å². The number of hydrogen-bond acceptors (Lipinski definition) is 18. The van der Waals surface area contributed by atoms with E-state index in [1.54, 1.807) is 26.0 Å². The van der Waals surface area contributed by atoms with Crippen LogP contribution in [0.5, 0.6) is 11.5 Å². The molecule has 2 rings (SSSR count). The van der Waals surface area contributed by atoms with Gasteiger partial charge in [-0.25, -0.2) is 9.59 Å². The topological polar surface area (TPSA) is 595 Å². The van der Waals surface area contributed by atoms with Crippen LogP contribution in [0.1, 0.15) is 465 Å². The number of nitrogens with zero attached hydrogens (tertiary/aromatic N) is 1. The van der Waals surface area contributed by atoms with Gasteiger partial charge < -0.3 is 82.3 Å². The first-order chi connectivity index (χ1) is 60.3. The van der Waals surface area contributed by atoms with Crippen molar-refractivity contribution in [2.75, 3.05) is 0 Å². The summed E-state index contributed by atoms with van der Waals surface area (Å²) in [4.78, 5) is 141. The van der Waals surface area contributed by atoms with Crippen molar-refractivity contribution in [3.63, 3.8) is 0 Å². The van der Waals surface area contributed by atoms with Crippen molar-refractivity contribution in [2.24, 2.45) is 22.5 Å². The molecule has 0 aliphatic heterocycles. The van der Waals surface area contributed by atoms with E-state index in [0.717, 1.165) is 115 Å². The highest BCUT2D eigenvalue weighted by molar-refractivity contribution is 5.93. The van der Waals surface area contributed by atoms with Crippen LogP contribution < -0.4 is 5.73 Å². The van der Waals surface area contributed by atoms with Gasteiger partial charge in [-0.3, -0.25) is 62.9 Å². The Kier molecular flexibility index (Phi) is 115. The van der Waals surface area contributed by atoms with E-state index in [2.05, 4.69) is 41.5 Å². The summed E-state index contributed by atoms with van der Waals surface area (Å²) in [6.07, 6.45) is 50.0. The molecule has 0 bridgehead atoms. The third-order valence-electron chi connectivity index (χ3n) is 17.9. The van der Waals surface area contributed by atoms with Crippen LogP contribution in [0.3, 0.4) is 0 Å². The minimum Gasteiger partial charge on any atom is -0.507 e. The summed E-state index contributed by atoms with van der Waals surface area (Å²) in [6.45, 7) is 33.1. The normalized spacial score (nSPS) is 10.2. The maximum atomic E-state index is 10.6. The zero-order valence-corrected chi connectivity index (χ0v) is 82.0. The number of nitrogens with two attached hydrogens (primary N) is 1. The van der Waals surface area contributed by atoms with Crippen molar-refractivity contribution in [3.8, 4) is 11.5 Å². The minimum absolute atomic E-state index is 0.0671. The summed E-state index contributed by atoms with van der Waals surface area (Å²) in [5.74, 6) is -11.0. The molecule has 1 atom stereocenters. The smallest absolute Gasteiger partial charge is 0.339 e. The van der Waals surface area contributed by atoms with Crippen LogP contribution in [0.4, 0.5) is 5.69 Å². The van der Waals surface area contributed by atoms with Crippen molar-refractivity contribution < 1.29 is 144 Å². The minimum atomic E-state index is -1.39. The average molecular weight is 1850 g/mol. The summed E-state index contributed by atoms with van der Waals surface area (Å²) >= 11 is 0. The Morgan fingerprint density at radius 2 is 0.612 bits per heavy atom. The van der Waals surface area contributed by atoms with E-state index in [4.69, 9.17) is 77.2 Å². The highest BCUT2D eigenvalue weighted by atomic mass is 16.6. The number of para-hydroxylation sites is 1. The fraction of sp³-hybridized carbons (Fsp3) is 0.742. The fourth-order valence-corrected chi connectivity index (χ4v) is 9.95. The number of carboxylic acids is 13. The SMILES string of the molecule is CC(C)(C)CC(=O)O.CC(C)CC(=O)O.CCC(C)(C)C(=O)O.CCCC(N)C(=O)O.CCCCC(=O)O.CCCCCC(=O)O.CCCCCCC(=O)O.CCCCCCCC(=O)O.CCCCCCCCCC(=O)O.CCCCCCCCCCC(=O)O.CCCCCCCCCCCCC(=O)O.Cc1cc(C(=O)O)c(O)c([N+](=O)[O-])c1.O=C(O)c1ccccc1O. The number of nitro groups is 1. The number of aliphatic carboxylic acids is 11. The Morgan fingerprint density at radius 3 is 0.775 bits per heavy atom. The van der Waals surface area contributed by atoms with Gasteiger partial charge in [-0.2, -0.15) is 0 Å². The van der Waals surface area contributed by atoms with Gasteiger partial charge in [0, 0.05) is 57.4 Å². The molecule has 2 aromatic carbocycles. The zero-order valence-electron chi connectivity index (χ0n) is 82.0. The molecular formula is C97H178N2O30. The first-order valence-corrected chi connectivity index (χ1v) is 46.7. The molecule has 756 valence electrons. The predicted molar refractivity (Wildman–Crippen MR) is 508 cm³/mol. The van der Waals surface area contributed by atoms with Gasteiger partial charge in [-0.05, 0) is 114 Å². The molecule has 32 heteroatoms. The molecule has 0 heterocycles. The lowest BCUT2D eigenvalue weighted by atomic mass is 9.91. The second kappa shape index (κ2) is 104. The number of unbranched alkanes of at least 4 members (excludes halogenated alkanes) is 32. The van der Waals surface area contributed by atoms with Crippen molar-refractivity contribution in [3.05, 3.63) is 63.2 Å². The Hall–Kier alpha value is -9.49. The number of aromatic carboxylic acids is 2. The van der Waals surface area contributed by atoms with E-state index >= 15 is 0 Å². The maximum absolute atomic E-state index is 10.6. The number of nitro benzene ring substituents is 1. The fourth-order valence-electron chi connectivity index (χ4n) is 9.95. The Balaban J connectivity index is -0.000000131. The van der Waals surface area contributed by atoms with E-state index in [1.807, 2.05) is 55.4 Å². The van der Waals surface area contributed by atoms with Gasteiger partial charge in [0.05, 0.1) is 16.8 Å². The Labute approximate surface area is 772 Å². The van der Waals surface area contributed by atoms with Crippen LogP contribution in [-0.2, 0) is 52.7 Å². The summed E-state index contributed by atoms with van der Waals surface area (Å²) in [7, 11) is 0. The molecule has 32 nitrogen and oxygen atoms in total. The summed E-state index contributed by atoms with van der Waals surface area (Å²) in [6, 6.07) is 7.43. The van der Waals surface area contributed by atoms with Crippen molar-refractivity contribution >= 4 is 83.3 Å². The average Bonchev–Trinajstić information content (AvgIpc) is 0.822. The van der Waals surface area contributed by atoms with Gasteiger partial charge >= 0.3 is 83.3 Å². The highest BCUT2D eigenvalue weighted by Crippen LogP contribution is 2.31. The van der Waals surface area contributed by atoms with Gasteiger partial charge in [0.2, 0.25) is 5.75 Å². The number of rotatable bonds is 57. The monoisotopic (exact) mass is 1850 g/mol. The Morgan fingerprint density at radius 1 is 0.357 bits per heavy atom. The van der Waals surface area contributed by atoms with Gasteiger partial charge in [-0.15, -0.1) is 0 Å². The molecule has 0 amide bonds. The maximum Gasteiger partial charge on any atom is 0.339 e. The quantitative estimate of drug-likeness (QED) is 0.0166. The number of carbonyl (C=O) groups is 13. The lowest BCUT2D eigenvalue weighted by Gasteiger charge is -2.14. The second-order valence-corrected chi connectivity index (χ2v) is 33.3. The van der Waals surface area contributed by atoms with Crippen LogP contribution in [-0.4, -0.2) is 165 Å². The largest absolute Gasteiger partial charge is 0.507 e. The van der Waals surface area contributed by atoms with Gasteiger partial charge in [-0.1, -0.05) is 321 Å². The van der Waals surface area contributed by atoms with Crippen molar-refractivity contribution in [1.82, 2.24) is 0 Å². The third kappa shape index (κ3) is 139. The molecule has 0 saturated heterocycles. The van der Waals surface area contributed by atoms with Crippen molar-refractivity contribution in [2.45, 2.75) is 451 Å². The number of hydrogen-bond donors (Lipinski definition) is 16.